The Morgan fingerprint density at radius 3 is 2.68 bits per heavy atom. The highest BCUT2D eigenvalue weighted by Crippen LogP contribution is 2.16. The average Bonchev–Trinajstić information content (AvgIpc) is 2.37. The molecule has 4 nitrogen and oxygen atoms in total. The van der Waals surface area contributed by atoms with Gasteiger partial charge in [-0.2, -0.15) is 0 Å². The molecular weight excluding hydrogens is 310 g/mol. The zero-order chi connectivity index (χ0) is 14.3. The van der Waals surface area contributed by atoms with E-state index in [1.54, 1.807) is 6.08 Å². The largest absolute Gasteiger partial charge is 0.480 e. The molecule has 0 saturated heterocycles. The van der Waals surface area contributed by atoms with Gasteiger partial charge < -0.3 is 10.4 Å². The van der Waals surface area contributed by atoms with E-state index in [9.17, 15) is 9.59 Å². The van der Waals surface area contributed by atoms with E-state index in [0.29, 0.717) is 12.8 Å². The summed E-state index contributed by atoms with van der Waals surface area (Å²) in [6.07, 6.45) is 4.10. The first-order valence-corrected chi connectivity index (χ1v) is 6.79. The Balaban J connectivity index is 2.64. The Morgan fingerprint density at radius 1 is 1.42 bits per heavy atom. The molecule has 0 unspecified atom stereocenters. The normalized spacial score (nSPS) is 12.3. The van der Waals surface area contributed by atoms with Crippen molar-refractivity contribution in [3.05, 3.63) is 40.4 Å². The van der Waals surface area contributed by atoms with Crippen LogP contribution in [-0.4, -0.2) is 23.0 Å². The van der Waals surface area contributed by atoms with Crippen molar-refractivity contribution in [2.75, 3.05) is 0 Å². The number of aliphatic carboxylic acids is 1. The highest BCUT2D eigenvalue weighted by atomic mass is 79.9. The molecule has 1 atom stereocenters. The van der Waals surface area contributed by atoms with Crippen molar-refractivity contribution in [3.63, 3.8) is 0 Å². The standard InChI is InChI=1S/C14H16BrNO3/c1-2-5-12(14(18)19)16-13(17)9-8-10-6-3-4-7-11(10)15/h3-4,6-9,12H,2,5H2,1H3,(H,16,17)(H,18,19)/b9-8+/t12-/m1/s1. The monoisotopic (exact) mass is 325 g/mol. The van der Waals surface area contributed by atoms with Gasteiger partial charge in [-0.05, 0) is 24.1 Å². The van der Waals surface area contributed by atoms with E-state index in [1.165, 1.54) is 6.08 Å². The third-order valence-corrected chi connectivity index (χ3v) is 3.23. The van der Waals surface area contributed by atoms with Crippen LogP contribution >= 0.6 is 15.9 Å². The van der Waals surface area contributed by atoms with Gasteiger partial charge in [0, 0.05) is 10.5 Å². The zero-order valence-corrected chi connectivity index (χ0v) is 12.2. The first-order chi connectivity index (χ1) is 9.04. The van der Waals surface area contributed by atoms with Gasteiger partial charge in [0.15, 0.2) is 0 Å². The van der Waals surface area contributed by atoms with Crippen molar-refractivity contribution in [2.24, 2.45) is 0 Å². The van der Waals surface area contributed by atoms with Crippen LogP contribution in [0.3, 0.4) is 0 Å². The molecule has 0 aliphatic carbocycles. The molecule has 1 rings (SSSR count). The molecule has 2 N–H and O–H groups in total. The Hall–Kier alpha value is -1.62. The van der Waals surface area contributed by atoms with Gasteiger partial charge in [-0.1, -0.05) is 47.5 Å². The molecule has 0 aliphatic heterocycles. The van der Waals surface area contributed by atoms with Gasteiger partial charge in [0.05, 0.1) is 0 Å². The predicted molar refractivity (Wildman–Crippen MR) is 77.7 cm³/mol. The molecule has 0 fully saturated rings. The van der Waals surface area contributed by atoms with Crippen molar-refractivity contribution in [2.45, 2.75) is 25.8 Å². The Labute approximate surface area is 120 Å². The second-order valence-electron chi connectivity index (χ2n) is 4.04. The number of hydrogen-bond donors (Lipinski definition) is 2. The van der Waals surface area contributed by atoms with Crippen molar-refractivity contribution in [1.29, 1.82) is 0 Å². The molecule has 19 heavy (non-hydrogen) atoms. The lowest BCUT2D eigenvalue weighted by atomic mass is 10.1. The molecule has 1 aromatic carbocycles. The third kappa shape index (κ3) is 5.26. The lowest BCUT2D eigenvalue weighted by molar-refractivity contribution is -0.141. The minimum atomic E-state index is -1.01. The summed E-state index contributed by atoms with van der Waals surface area (Å²) in [6.45, 7) is 1.87. The van der Waals surface area contributed by atoms with Gasteiger partial charge in [0.25, 0.3) is 0 Å². The van der Waals surface area contributed by atoms with E-state index in [4.69, 9.17) is 5.11 Å². The van der Waals surface area contributed by atoms with Crippen molar-refractivity contribution >= 4 is 33.9 Å². The summed E-state index contributed by atoms with van der Waals surface area (Å²) in [5.41, 5.74) is 0.861. The molecule has 0 aromatic heterocycles. The highest BCUT2D eigenvalue weighted by molar-refractivity contribution is 9.10. The molecule has 0 saturated carbocycles. The molecule has 1 amide bonds. The van der Waals surface area contributed by atoms with Gasteiger partial charge in [-0.25, -0.2) is 4.79 Å². The number of nitrogens with one attached hydrogen (secondary N) is 1. The van der Waals surface area contributed by atoms with E-state index < -0.39 is 17.9 Å². The number of carboxylic acids is 1. The minimum absolute atomic E-state index is 0.406. The van der Waals surface area contributed by atoms with Crippen LogP contribution in [0.25, 0.3) is 6.08 Å². The maximum Gasteiger partial charge on any atom is 0.326 e. The topological polar surface area (TPSA) is 66.4 Å². The SMILES string of the molecule is CCC[C@@H](NC(=O)/C=C/c1ccccc1Br)C(=O)O. The first-order valence-electron chi connectivity index (χ1n) is 6.00. The van der Waals surface area contributed by atoms with Gasteiger partial charge >= 0.3 is 5.97 Å². The molecule has 5 heteroatoms. The summed E-state index contributed by atoms with van der Waals surface area (Å²) in [7, 11) is 0. The van der Waals surface area contributed by atoms with E-state index >= 15 is 0 Å². The smallest absolute Gasteiger partial charge is 0.326 e. The summed E-state index contributed by atoms with van der Waals surface area (Å²) in [6, 6.07) is 6.63. The van der Waals surface area contributed by atoms with Crippen LogP contribution in [0.2, 0.25) is 0 Å². The lowest BCUT2D eigenvalue weighted by Gasteiger charge is -2.11. The van der Waals surface area contributed by atoms with E-state index in [1.807, 2.05) is 31.2 Å². The molecular formula is C14H16BrNO3. The Bertz CT molecular complexity index is 485. The maximum absolute atomic E-state index is 11.6. The van der Waals surface area contributed by atoms with E-state index in [0.717, 1.165) is 10.0 Å². The quantitative estimate of drug-likeness (QED) is 0.790. The number of rotatable bonds is 6. The highest BCUT2D eigenvalue weighted by Gasteiger charge is 2.17. The van der Waals surface area contributed by atoms with Crippen molar-refractivity contribution in [3.8, 4) is 0 Å². The Morgan fingerprint density at radius 2 is 2.11 bits per heavy atom. The molecule has 0 bridgehead atoms. The molecule has 0 aliphatic rings. The number of carboxylic acid groups (broad SMARTS) is 1. The second kappa shape index (κ2) is 7.74. The summed E-state index contributed by atoms with van der Waals surface area (Å²) < 4.78 is 0.877. The molecule has 0 radical (unpaired) electrons. The number of halogens is 1. The van der Waals surface area contributed by atoms with Crippen LogP contribution in [0, 0.1) is 0 Å². The lowest BCUT2D eigenvalue weighted by Crippen LogP contribution is -2.39. The summed E-state index contributed by atoms with van der Waals surface area (Å²) in [4.78, 5) is 22.5. The van der Waals surface area contributed by atoms with E-state index in [2.05, 4.69) is 21.2 Å². The van der Waals surface area contributed by atoms with Gasteiger partial charge in [-0.15, -0.1) is 0 Å². The van der Waals surface area contributed by atoms with Crippen molar-refractivity contribution in [1.82, 2.24) is 5.32 Å². The van der Waals surface area contributed by atoms with Crippen LogP contribution in [0.5, 0.6) is 0 Å². The fraction of sp³-hybridized carbons (Fsp3) is 0.286. The second-order valence-corrected chi connectivity index (χ2v) is 4.90. The summed E-state index contributed by atoms with van der Waals surface area (Å²) in [5.74, 6) is -1.42. The fourth-order valence-corrected chi connectivity index (χ4v) is 1.96. The third-order valence-electron chi connectivity index (χ3n) is 2.51. The zero-order valence-electron chi connectivity index (χ0n) is 10.6. The minimum Gasteiger partial charge on any atom is -0.480 e. The van der Waals surface area contributed by atoms with Crippen LogP contribution in [0.4, 0.5) is 0 Å². The average molecular weight is 326 g/mol. The van der Waals surface area contributed by atoms with Crippen LogP contribution < -0.4 is 5.32 Å². The van der Waals surface area contributed by atoms with Crippen LogP contribution in [0.15, 0.2) is 34.8 Å². The van der Waals surface area contributed by atoms with Crippen LogP contribution in [0.1, 0.15) is 25.3 Å². The molecule has 102 valence electrons. The number of carbonyl (C=O) groups excluding carboxylic acids is 1. The first kappa shape index (κ1) is 15.4. The summed E-state index contributed by atoms with van der Waals surface area (Å²) in [5, 5.41) is 11.4. The number of carbonyl (C=O) groups is 2. The maximum atomic E-state index is 11.6. The van der Waals surface area contributed by atoms with Crippen LogP contribution in [-0.2, 0) is 9.59 Å². The van der Waals surface area contributed by atoms with E-state index in [-0.39, 0.29) is 0 Å². The molecule has 0 heterocycles. The van der Waals surface area contributed by atoms with Gasteiger partial charge in [-0.3, -0.25) is 4.79 Å². The summed E-state index contributed by atoms with van der Waals surface area (Å²) >= 11 is 3.37. The van der Waals surface area contributed by atoms with Gasteiger partial charge in [0.2, 0.25) is 5.91 Å². The van der Waals surface area contributed by atoms with Gasteiger partial charge in [0.1, 0.15) is 6.04 Å². The molecule has 1 aromatic rings. The fourth-order valence-electron chi connectivity index (χ4n) is 1.54. The number of benzene rings is 1. The van der Waals surface area contributed by atoms with Crippen molar-refractivity contribution < 1.29 is 14.7 Å². The predicted octanol–water partition coefficient (Wildman–Crippen LogP) is 2.83. The number of amides is 1. The number of hydrogen-bond acceptors (Lipinski definition) is 2. The molecule has 0 spiro atoms. The Kier molecular flexibility index (Phi) is 6.29.